The highest BCUT2D eigenvalue weighted by Crippen LogP contribution is 2.31. The van der Waals surface area contributed by atoms with Crippen LogP contribution in [0.5, 0.6) is 11.5 Å². The molecule has 2 N–H and O–H groups in total. The average Bonchev–Trinajstić information content (AvgIpc) is 2.90. The van der Waals surface area contributed by atoms with Crippen LogP contribution in [0.15, 0.2) is 53.4 Å². The van der Waals surface area contributed by atoms with Gasteiger partial charge in [-0.05, 0) is 30.7 Å². The third kappa shape index (κ3) is 6.32. The second-order valence-corrected chi connectivity index (χ2v) is 9.98. The Morgan fingerprint density at radius 1 is 1.00 bits per heavy atom. The fraction of sp³-hybridized carbons (Fsp3) is 0.375. The van der Waals surface area contributed by atoms with Gasteiger partial charge in [-0.15, -0.1) is 0 Å². The molecule has 0 unspecified atom stereocenters. The summed E-state index contributed by atoms with van der Waals surface area (Å²) in [5, 5.41) is 11.9. The molecule has 0 bridgehead atoms. The van der Waals surface area contributed by atoms with Crippen LogP contribution in [0, 0.1) is 0 Å². The van der Waals surface area contributed by atoms with Gasteiger partial charge in [-0.25, -0.2) is 13.2 Å². The summed E-state index contributed by atoms with van der Waals surface area (Å²) in [4.78, 5) is 38.1. The van der Waals surface area contributed by atoms with Gasteiger partial charge < -0.3 is 24.8 Å². The van der Waals surface area contributed by atoms with Gasteiger partial charge in [0.1, 0.15) is 22.4 Å². The number of carboxylic acid groups (broad SMARTS) is 1. The van der Waals surface area contributed by atoms with E-state index >= 15 is 0 Å². The third-order valence-electron chi connectivity index (χ3n) is 5.87. The number of nitrogens with zero attached hydrogens (tertiary/aromatic N) is 2. The molecule has 1 heterocycles. The van der Waals surface area contributed by atoms with Crippen molar-refractivity contribution in [2.24, 2.45) is 0 Å². The lowest BCUT2D eigenvalue weighted by molar-refractivity contribution is -0.139. The van der Waals surface area contributed by atoms with E-state index in [9.17, 15) is 27.9 Å². The number of sulfonamides is 1. The highest BCUT2D eigenvalue weighted by atomic mass is 32.2. The van der Waals surface area contributed by atoms with Crippen molar-refractivity contribution in [2.45, 2.75) is 23.8 Å². The highest BCUT2D eigenvalue weighted by molar-refractivity contribution is 7.89. The number of methoxy groups -OCH3 is 2. The minimum absolute atomic E-state index is 0.00374. The van der Waals surface area contributed by atoms with Gasteiger partial charge in [0.05, 0.1) is 14.2 Å². The summed E-state index contributed by atoms with van der Waals surface area (Å²) in [7, 11) is -1.03. The number of carbonyl (C=O) groups is 3. The minimum atomic E-state index is -3.87. The lowest BCUT2D eigenvalue weighted by atomic mass is 10.1. The largest absolute Gasteiger partial charge is 0.497 e. The Morgan fingerprint density at radius 3 is 2.25 bits per heavy atom. The van der Waals surface area contributed by atoms with Crippen molar-refractivity contribution in [1.29, 1.82) is 0 Å². The van der Waals surface area contributed by atoms with Crippen LogP contribution in [-0.2, 0) is 19.6 Å². The van der Waals surface area contributed by atoms with E-state index in [1.54, 1.807) is 30.3 Å². The monoisotopic (exact) mass is 519 g/mol. The molecule has 11 nitrogen and oxygen atoms in total. The summed E-state index contributed by atoms with van der Waals surface area (Å²) in [6, 6.07) is 11.4. The molecule has 12 heteroatoms. The van der Waals surface area contributed by atoms with Gasteiger partial charge in [-0.2, -0.15) is 4.31 Å². The van der Waals surface area contributed by atoms with Crippen LogP contribution in [0.4, 0.5) is 0 Å². The lowest BCUT2D eigenvalue weighted by Gasteiger charge is -2.34. The number of ether oxygens (including phenoxy) is 2. The number of benzene rings is 2. The topological polar surface area (TPSA) is 143 Å². The predicted octanol–water partition coefficient (Wildman–Crippen LogP) is 1.20. The molecule has 194 valence electrons. The summed E-state index contributed by atoms with van der Waals surface area (Å²) >= 11 is 0. The molecule has 0 spiro atoms. The molecule has 0 saturated carbocycles. The zero-order chi connectivity index (χ0) is 26.3. The van der Waals surface area contributed by atoms with Crippen LogP contribution in [0.1, 0.15) is 23.2 Å². The molecule has 0 aliphatic carbocycles. The number of carboxylic acids is 1. The van der Waals surface area contributed by atoms with Crippen LogP contribution in [0.2, 0.25) is 0 Å². The number of hydrogen-bond acceptors (Lipinski definition) is 7. The van der Waals surface area contributed by atoms with Crippen LogP contribution >= 0.6 is 0 Å². The SMILES string of the molecule is COc1ccc(S(=O)(=O)N2CCN(C(=O)CC[C@H](NC(=O)c3ccccc3)C(=O)O)CC2)c(OC)c1. The van der Waals surface area contributed by atoms with E-state index < -0.39 is 27.9 Å². The molecule has 36 heavy (non-hydrogen) atoms. The molecule has 1 aliphatic heterocycles. The van der Waals surface area contributed by atoms with E-state index in [0.29, 0.717) is 11.3 Å². The molecule has 2 aromatic rings. The molecule has 1 aliphatic rings. The normalized spacial score (nSPS) is 15.1. The maximum absolute atomic E-state index is 13.1. The van der Waals surface area contributed by atoms with Gasteiger partial charge in [0.2, 0.25) is 15.9 Å². The predicted molar refractivity (Wildman–Crippen MR) is 129 cm³/mol. The van der Waals surface area contributed by atoms with Crippen LogP contribution in [0.25, 0.3) is 0 Å². The quantitative estimate of drug-likeness (QED) is 0.477. The molecular formula is C24H29N3O8S. The van der Waals surface area contributed by atoms with E-state index in [4.69, 9.17) is 9.47 Å². The van der Waals surface area contributed by atoms with Crippen LogP contribution in [-0.4, -0.2) is 87.0 Å². The zero-order valence-corrected chi connectivity index (χ0v) is 20.9. The molecule has 0 radical (unpaired) electrons. The minimum Gasteiger partial charge on any atom is -0.497 e. The number of carbonyl (C=O) groups excluding carboxylic acids is 2. The first-order valence-corrected chi connectivity index (χ1v) is 12.7. The second-order valence-electron chi connectivity index (χ2n) is 8.07. The van der Waals surface area contributed by atoms with E-state index in [2.05, 4.69) is 5.32 Å². The first-order chi connectivity index (χ1) is 17.2. The number of aliphatic carboxylic acids is 1. The zero-order valence-electron chi connectivity index (χ0n) is 20.0. The summed E-state index contributed by atoms with van der Waals surface area (Å²) in [6.07, 6.45) is -0.195. The Morgan fingerprint density at radius 2 is 1.67 bits per heavy atom. The first kappa shape index (κ1) is 27.0. The smallest absolute Gasteiger partial charge is 0.326 e. The van der Waals surface area contributed by atoms with Gasteiger partial charge in [0.25, 0.3) is 5.91 Å². The van der Waals surface area contributed by atoms with Crippen molar-refractivity contribution in [3.05, 3.63) is 54.1 Å². The number of rotatable bonds is 10. The third-order valence-corrected chi connectivity index (χ3v) is 7.80. The maximum Gasteiger partial charge on any atom is 0.326 e. The molecule has 0 aromatic heterocycles. The van der Waals surface area contributed by atoms with Crippen molar-refractivity contribution in [1.82, 2.24) is 14.5 Å². The van der Waals surface area contributed by atoms with Gasteiger partial charge in [-0.3, -0.25) is 9.59 Å². The van der Waals surface area contributed by atoms with Crippen molar-refractivity contribution in [3.63, 3.8) is 0 Å². The fourth-order valence-corrected chi connectivity index (χ4v) is 5.38. The standard InChI is InChI=1S/C24H29N3O8S/c1-34-18-8-10-21(20(16-18)35-2)36(32,33)27-14-12-26(13-15-27)22(28)11-9-19(24(30)31)25-23(29)17-6-4-3-5-7-17/h3-8,10,16,19H,9,11-15H2,1-2H3,(H,25,29)(H,30,31)/t19-/m0/s1. The fourth-order valence-electron chi connectivity index (χ4n) is 3.82. The summed E-state index contributed by atoms with van der Waals surface area (Å²) in [5.41, 5.74) is 0.320. The molecule has 1 atom stereocenters. The number of nitrogens with one attached hydrogen (secondary N) is 1. The Balaban J connectivity index is 1.56. The van der Waals surface area contributed by atoms with Crippen LogP contribution < -0.4 is 14.8 Å². The number of amides is 2. The molecule has 3 rings (SSSR count). The summed E-state index contributed by atoms with van der Waals surface area (Å²) < 4.78 is 37.9. The molecule has 1 saturated heterocycles. The van der Waals surface area contributed by atoms with Crippen molar-refractivity contribution >= 4 is 27.8 Å². The Bertz CT molecular complexity index is 1200. The van der Waals surface area contributed by atoms with Gasteiger partial charge >= 0.3 is 5.97 Å². The first-order valence-electron chi connectivity index (χ1n) is 11.3. The average molecular weight is 520 g/mol. The number of piperazine rings is 1. The van der Waals surface area contributed by atoms with Crippen molar-refractivity contribution in [2.75, 3.05) is 40.4 Å². The van der Waals surface area contributed by atoms with Crippen molar-refractivity contribution < 1.29 is 37.4 Å². The second kappa shape index (κ2) is 11.9. The van der Waals surface area contributed by atoms with Gasteiger partial charge in [0, 0.05) is 44.2 Å². The summed E-state index contributed by atoms with van der Waals surface area (Å²) in [6.45, 7) is 0.474. The Labute approximate surface area is 209 Å². The van der Waals surface area contributed by atoms with Gasteiger partial charge in [0.15, 0.2) is 0 Å². The molecule has 2 amide bonds. The Kier molecular flexibility index (Phi) is 8.88. The molecular weight excluding hydrogens is 490 g/mol. The van der Waals surface area contributed by atoms with Crippen LogP contribution in [0.3, 0.4) is 0 Å². The Hall–Kier alpha value is -3.64. The maximum atomic E-state index is 13.1. The lowest BCUT2D eigenvalue weighted by Crippen LogP contribution is -2.51. The summed E-state index contributed by atoms with van der Waals surface area (Å²) in [5.74, 6) is -1.47. The molecule has 2 aromatic carbocycles. The van der Waals surface area contributed by atoms with Crippen molar-refractivity contribution in [3.8, 4) is 11.5 Å². The number of hydrogen-bond donors (Lipinski definition) is 2. The highest BCUT2D eigenvalue weighted by Gasteiger charge is 2.32. The van der Waals surface area contributed by atoms with Gasteiger partial charge in [-0.1, -0.05) is 18.2 Å². The van der Waals surface area contributed by atoms with E-state index in [-0.39, 0.29) is 55.6 Å². The van der Waals surface area contributed by atoms with E-state index in [1.165, 1.54) is 41.6 Å². The van der Waals surface area contributed by atoms with E-state index in [1.807, 2.05) is 0 Å². The van der Waals surface area contributed by atoms with E-state index in [0.717, 1.165) is 0 Å². The molecule has 1 fully saturated rings.